The summed E-state index contributed by atoms with van der Waals surface area (Å²) in [6.07, 6.45) is 7.66. The molecular weight excluding hydrogens is 328 g/mol. The van der Waals surface area contributed by atoms with E-state index in [-0.39, 0.29) is 29.0 Å². The van der Waals surface area contributed by atoms with Crippen LogP contribution in [0.15, 0.2) is 24.4 Å². The van der Waals surface area contributed by atoms with E-state index >= 15 is 0 Å². The van der Waals surface area contributed by atoms with E-state index in [1.165, 1.54) is 19.3 Å². The third-order valence-electron chi connectivity index (χ3n) is 7.48. The lowest BCUT2D eigenvalue weighted by molar-refractivity contribution is -0.147. The number of nitrogens with zero attached hydrogens (tertiary/aromatic N) is 1. The number of rotatable bonds is 4. The lowest BCUT2D eigenvalue weighted by Crippen LogP contribution is -2.51. The van der Waals surface area contributed by atoms with Gasteiger partial charge in [0.15, 0.2) is 0 Å². The highest BCUT2D eigenvalue weighted by atomic mass is 16.6. The molecule has 6 atom stereocenters. The average Bonchev–Trinajstić information content (AvgIpc) is 3.33. The second-order valence-corrected chi connectivity index (χ2v) is 9.05. The Labute approximate surface area is 154 Å². The Morgan fingerprint density at radius 1 is 1.35 bits per heavy atom. The number of carbonyl (C=O) groups excluding carboxylic acids is 1. The second-order valence-electron chi connectivity index (χ2n) is 9.05. The molecule has 5 rings (SSSR count). The molecule has 4 fully saturated rings. The second kappa shape index (κ2) is 6.03. The zero-order chi connectivity index (χ0) is 17.8. The highest BCUT2D eigenvalue weighted by Gasteiger charge is 2.64. The molecule has 3 heterocycles. The Hall–Kier alpha value is -1.46. The van der Waals surface area contributed by atoms with E-state index < -0.39 is 0 Å². The third-order valence-corrected chi connectivity index (χ3v) is 7.48. The highest BCUT2D eigenvalue weighted by Crippen LogP contribution is 2.62. The molecule has 0 radical (unpaired) electrons. The fraction of sp³-hybridized carbons (Fsp3) is 0.714. The molecule has 2 aliphatic carbocycles. The molecule has 1 N–H and O–H groups in total. The van der Waals surface area contributed by atoms with Gasteiger partial charge in [-0.1, -0.05) is 13.0 Å². The summed E-state index contributed by atoms with van der Waals surface area (Å²) in [7, 11) is 0. The summed E-state index contributed by atoms with van der Waals surface area (Å²) in [5.74, 6) is 0.862. The fourth-order valence-electron chi connectivity index (χ4n) is 6.05. The van der Waals surface area contributed by atoms with Gasteiger partial charge in [0.2, 0.25) is 0 Å². The van der Waals surface area contributed by atoms with Gasteiger partial charge in [-0.2, -0.15) is 0 Å². The summed E-state index contributed by atoms with van der Waals surface area (Å²) in [6.45, 7) is 4.68. The van der Waals surface area contributed by atoms with Crippen molar-refractivity contribution in [3.63, 3.8) is 0 Å². The van der Waals surface area contributed by atoms with E-state index in [9.17, 15) is 4.79 Å². The topological polar surface area (TPSA) is 63.8 Å². The van der Waals surface area contributed by atoms with Gasteiger partial charge in [0.05, 0.1) is 23.8 Å². The molecule has 1 aromatic heterocycles. The maximum absolute atomic E-state index is 12.6. The molecule has 4 aliphatic rings. The normalized spacial score (nSPS) is 43.7. The van der Waals surface area contributed by atoms with Crippen molar-refractivity contribution in [2.24, 2.45) is 23.2 Å². The van der Waals surface area contributed by atoms with Gasteiger partial charge < -0.3 is 14.8 Å². The molecule has 2 saturated carbocycles. The SMILES string of the molecule is C[C@]12CCC[C@]3(CO3)[C@@H]1C[C@@H]1[C@@H](C2)OC(=O)[C@@H]1CNCc1ccccn1. The lowest BCUT2D eigenvalue weighted by atomic mass is 9.53. The molecule has 26 heavy (non-hydrogen) atoms. The van der Waals surface area contributed by atoms with Crippen LogP contribution in [0.3, 0.4) is 0 Å². The summed E-state index contributed by atoms with van der Waals surface area (Å²) < 4.78 is 11.8. The first-order chi connectivity index (χ1) is 12.6. The van der Waals surface area contributed by atoms with Crippen molar-refractivity contribution in [3.8, 4) is 0 Å². The van der Waals surface area contributed by atoms with E-state index in [2.05, 4.69) is 17.2 Å². The van der Waals surface area contributed by atoms with E-state index in [0.717, 1.165) is 25.1 Å². The van der Waals surface area contributed by atoms with Crippen molar-refractivity contribution in [2.75, 3.05) is 13.2 Å². The molecule has 1 spiro atoms. The molecule has 5 heteroatoms. The monoisotopic (exact) mass is 356 g/mol. The van der Waals surface area contributed by atoms with Gasteiger partial charge in [0.25, 0.3) is 0 Å². The fourth-order valence-corrected chi connectivity index (χ4v) is 6.05. The molecule has 0 unspecified atom stereocenters. The molecular formula is C21H28N2O3. The van der Waals surface area contributed by atoms with Crippen LogP contribution in [-0.4, -0.2) is 35.8 Å². The zero-order valence-electron chi connectivity index (χ0n) is 15.4. The molecule has 0 amide bonds. The minimum Gasteiger partial charge on any atom is -0.462 e. The molecule has 2 aliphatic heterocycles. The number of aromatic nitrogens is 1. The van der Waals surface area contributed by atoms with Crippen LogP contribution in [0.5, 0.6) is 0 Å². The summed E-state index contributed by atoms with van der Waals surface area (Å²) in [4.78, 5) is 16.9. The van der Waals surface area contributed by atoms with Crippen LogP contribution < -0.4 is 5.32 Å². The van der Waals surface area contributed by atoms with Crippen molar-refractivity contribution in [2.45, 2.75) is 57.3 Å². The molecule has 0 bridgehead atoms. The number of epoxide rings is 1. The van der Waals surface area contributed by atoms with Gasteiger partial charge >= 0.3 is 5.97 Å². The Kier molecular flexibility index (Phi) is 3.87. The van der Waals surface area contributed by atoms with E-state index in [1.807, 2.05) is 18.2 Å². The average molecular weight is 356 g/mol. The van der Waals surface area contributed by atoms with Crippen LogP contribution in [0.2, 0.25) is 0 Å². The molecule has 0 aromatic carbocycles. The predicted octanol–water partition coefficient (Wildman–Crippen LogP) is 2.70. The van der Waals surface area contributed by atoms with Crippen molar-refractivity contribution in [1.82, 2.24) is 10.3 Å². The van der Waals surface area contributed by atoms with Gasteiger partial charge in [-0.3, -0.25) is 9.78 Å². The number of esters is 1. The van der Waals surface area contributed by atoms with E-state index in [0.29, 0.717) is 24.9 Å². The van der Waals surface area contributed by atoms with Gasteiger partial charge in [0.1, 0.15) is 6.10 Å². The van der Waals surface area contributed by atoms with Gasteiger partial charge in [0, 0.05) is 25.2 Å². The Bertz CT molecular complexity index is 690. The number of hydrogen-bond acceptors (Lipinski definition) is 5. The summed E-state index contributed by atoms with van der Waals surface area (Å²) in [5, 5.41) is 3.43. The number of pyridine rings is 1. The number of hydrogen-bond donors (Lipinski definition) is 1. The number of carbonyl (C=O) groups is 1. The van der Waals surface area contributed by atoms with Gasteiger partial charge in [-0.15, -0.1) is 0 Å². The van der Waals surface area contributed by atoms with Crippen molar-refractivity contribution >= 4 is 5.97 Å². The number of nitrogens with one attached hydrogen (secondary N) is 1. The van der Waals surface area contributed by atoms with Crippen LogP contribution in [-0.2, 0) is 20.8 Å². The number of ether oxygens (including phenoxy) is 2. The van der Waals surface area contributed by atoms with Crippen LogP contribution in [0.4, 0.5) is 0 Å². The lowest BCUT2D eigenvalue weighted by Gasteiger charge is -2.51. The summed E-state index contributed by atoms with van der Waals surface area (Å²) in [6, 6.07) is 5.91. The maximum Gasteiger partial charge on any atom is 0.310 e. The number of fused-ring (bicyclic) bond motifs is 3. The van der Waals surface area contributed by atoms with E-state index in [1.54, 1.807) is 6.20 Å². The smallest absolute Gasteiger partial charge is 0.310 e. The minimum absolute atomic E-state index is 0.0125. The van der Waals surface area contributed by atoms with Crippen molar-refractivity contribution in [1.29, 1.82) is 0 Å². The highest BCUT2D eigenvalue weighted by molar-refractivity contribution is 5.75. The van der Waals surface area contributed by atoms with Crippen LogP contribution in [0, 0.1) is 23.2 Å². The quantitative estimate of drug-likeness (QED) is 0.664. The summed E-state index contributed by atoms with van der Waals surface area (Å²) in [5.41, 5.74) is 1.39. The molecule has 1 aromatic rings. The Balaban J connectivity index is 1.28. The molecule has 5 nitrogen and oxygen atoms in total. The van der Waals surface area contributed by atoms with Gasteiger partial charge in [-0.05, 0) is 55.6 Å². The first-order valence-corrected chi connectivity index (χ1v) is 10.0. The first kappa shape index (κ1) is 16.7. The summed E-state index contributed by atoms with van der Waals surface area (Å²) >= 11 is 0. The third kappa shape index (κ3) is 2.67. The first-order valence-electron chi connectivity index (χ1n) is 10.0. The molecule has 140 valence electrons. The van der Waals surface area contributed by atoms with Crippen molar-refractivity contribution < 1.29 is 14.3 Å². The Morgan fingerprint density at radius 3 is 3.00 bits per heavy atom. The van der Waals surface area contributed by atoms with Crippen molar-refractivity contribution in [3.05, 3.63) is 30.1 Å². The van der Waals surface area contributed by atoms with Crippen LogP contribution in [0.25, 0.3) is 0 Å². The van der Waals surface area contributed by atoms with Gasteiger partial charge in [-0.25, -0.2) is 0 Å². The largest absolute Gasteiger partial charge is 0.462 e. The maximum atomic E-state index is 12.6. The molecule has 2 saturated heterocycles. The standard InChI is InChI=1S/C21H28N2O3/c1-20-6-4-7-21(13-25-21)18(20)9-15-16(19(24)26-17(15)10-20)12-22-11-14-5-2-3-8-23-14/h2-3,5,8,15-18,22H,4,6-7,9-13H2,1H3/t15-,16+,17+,18+,20+,21-/m0/s1. The van der Waals surface area contributed by atoms with Crippen LogP contribution >= 0.6 is 0 Å². The zero-order valence-corrected chi connectivity index (χ0v) is 15.4. The van der Waals surface area contributed by atoms with E-state index in [4.69, 9.17) is 9.47 Å². The minimum atomic E-state index is -0.0361. The Morgan fingerprint density at radius 2 is 2.23 bits per heavy atom. The predicted molar refractivity (Wildman–Crippen MR) is 96.2 cm³/mol. The van der Waals surface area contributed by atoms with Crippen LogP contribution in [0.1, 0.15) is 44.7 Å².